The van der Waals surface area contributed by atoms with Crippen molar-refractivity contribution in [3.05, 3.63) is 59.2 Å². The number of amides is 1. The first-order chi connectivity index (χ1) is 10.1. The molecular formula is C16H17NO4. The molecule has 4 N–H and O–H groups in total. The van der Waals surface area contributed by atoms with E-state index in [1.807, 2.05) is 18.2 Å². The van der Waals surface area contributed by atoms with Crippen LogP contribution in [-0.4, -0.2) is 21.2 Å². The molecule has 0 unspecified atom stereocenters. The summed E-state index contributed by atoms with van der Waals surface area (Å²) in [6.07, 6.45) is 0.0924. The van der Waals surface area contributed by atoms with Gasteiger partial charge in [0.25, 0.3) is 0 Å². The van der Waals surface area contributed by atoms with Gasteiger partial charge in [0.15, 0.2) is 0 Å². The van der Waals surface area contributed by atoms with Gasteiger partial charge in [-0.05, 0) is 29.8 Å². The number of phenols is 1. The predicted octanol–water partition coefficient (Wildman–Crippen LogP) is 1.56. The molecule has 2 aromatic rings. The first-order valence-electron chi connectivity index (χ1n) is 6.54. The highest BCUT2D eigenvalue weighted by Gasteiger charge is 2.11. The molecule has 2 aromatic carbocycles. The monoisotopic (exact) mass is 287 g/mol. The van der Waals surface area contributed by atoms with E-state index in [1.165, 1.54) is 0 Å². The number of carbonyl (C=O) groups excluding carboxylic acids is 1. The molecule has 0 aliphatic carbocycles. The number of carbonyl (C=O) groups is 1. The SMILES string of the molecule is O=C(Cc1cc(CO)c(O)c(CO)c1)Nc1ccccc1. The van der Waals surface area contributed by atoms with Crippen LogP contribution < -0.4 is 5.32 Å². The van der Waals surface area contributed by atoms with Crippen LogP contribution in [0.15, 0.2) is 42.5 Å². The summed E-state index contributed by atoms with van der Waals surface area (Å²) in [5.41, 5.74) is 1.91. The molecule has 0 saturated carbocycles. The molecule has 0 aliphatic heterocycles. The van der Waals surface area contributed by atoms with E-state index in [9.17, 15) is 20.1 Å². The van der Waals surface area contributed by atoms with Gasteiger partial charge in [-0.2, -0.15) is 0 Å². The first kappa shape index (κ1) is 15.0. The first-order valence-corrected chi connectivity index (χ1v) is 6.54. The average Bonchev–Trinajstić information content (AvgIpc) is 2.49. The highest BCUT2D eigenvalue weighted by atomic mass is 16.3. The second-order valence-corrected chi connectivity index (χ2v) is 4.67. The molecule has 21 heavy (non-hydrogen) atoms. The predicted molar refractivity (Wildman–Crippen MR) is 78.7 cm³/mol. The molecule has 0 fully saturated rings. The number of para-hydroxylation sites is 1. The molecule has 0 radical (unpaired) electrons. The van der Waals surface area contributed by atoms with Crippen LogP contribution in [0.5, 0.6) is 5.75 Å². The molecule has 2 rings (SSSR count). The van der Waals surface area contributed by atoms with Crippen molar-refractivity contribution in [2.45, 2.75) is 19.6 Å². The van der Waals surface area contributed by atoms with Crippen molar-refractivity contribution in [3.8, 4) is 5.75 Å². The maximum atomic E-state index is 12.0. The highest BCUT2D eigenvalue weighted by molar-refractivity contribution is 5.92. The van der Waals surface area contributed by atoms with Crippen LogP contribution in [0.3, 0.4) is 0 Å². The van der Waals surface area contributed by atoms with Gasteiger partial charge in [0.2, 0.25) is 5.91 Å². The molecule has 5 nitrogen and oxygen atoms in total. The highest BCUT2D eigenvalue weighted by Crippen LogP contribution is 2.25. The van der Waals surface area contributed by atoms with E-state index in [1.54, 1.807) is 24.3 Å². The largest absolute Gasteiger partial charge is 0.507 e. The zero-order valence-corrected chi connectivity index (χ0v) is 11.4. The normalized spacial score (nSPS) is 10.4. The summed E-state index contributed by atoms with van der Waals surface area (Å²) in [6.45, 7) is -0.708. The number of aliphatic hydroxyl groups is 2. The average molecular weight is 287 g/mol. The lowest BCUT2D eigenvalue weighted by atomic mass is 10.0. The van der Waals surface area contributed by atoms with Crippen LogP contribution in [0.4, 0.5) is 5.69 Å². The fourth-order valence-corrected chi connectivity index (χ4v) is 2.09. The summed E-state index contributed by atoms with van der Waals surface area (Å²) in [7, 11) is 0. The van der Waals surface area contributed by atoms with Gasteiger partial charge in [-0.25, -0.2) is 0 Å². The Labute approximate surface area is 122 Å². The molecule has 0 spiro atoms. The number of benzene rings is 2. The molecular weight excluding hydrogens is 270 g/mol. The van der Waals surface area contributed by atoms with Crippen molar-refractivity contribution < 1.29 is 20.1 Å². The Bertz CT molecular complexity index is 600. The van der Waals surface area contributed by atoms with Gasteiger partial charge in [0, 0.05) is 16.8 Å². The maximum absolute atomic E-state index is 12.0. The van der Waals surface area contributed by atoms with Crippen molar-refractivity contribution >= 4 is 11.6 Å². The minimum atomic E-state index is -0.354. The molecule has 0 aliphatic rings. The van der Waals surface area contributed by atoms with Gasteiger partial charge < -0.3 is 20.6 Å². The van der Waals surface area contributed by atoms with Crippen molar-refractivity contribution in [3.63, 3.8) is 0 Å². The van der Waals surface area contributed by atoms with E-state index < -0.39 is 0 Å². The van der Waals surface area contributed by atoms with Gasteiger partial charge >= 0.3 is 0 Å². The number of hydrogen-bond donors (Lipinski definition) is 4. The number of rotatable bonds is 5. The summed E-state index contributed by atoms with van der Waals surface area (Å²) >= 11 is 0. The molecule has 5 heteroatoms. The van der Waals surface area contributed by atoms with Crippen LogP contribution in [0, 0.1) is 0 Å². The Morgan fingerprint density at radius 3 is 2.10 bits per heavy atom. The summed E-state index contributed by atoms with van der Waals surface area (Å²) in [6, 6.07) is 12.2. The fraction of sp³-hybridized carbons (Fsp3) is 0.188. The number of anilines is 1. The number of aliphatic hydroxyl groups excluding tert-OH is 2. The number of nitrogens with one attached hydrogen (secondary N) is 1. The molecule has 110 valence electrons. The molecule has 0 saturated heterocycles. The summed E-state index contributed by atoms with van der Waals surface area (Å²) in [5, 5.41) is 30.9. The minimum Gasteiger partial charge on any atom is -0.507 e. The van der Waals surface area contributed by atoms with Crippen LogP contribution >= 0.6 is 0 Å². The Morgan fingerprint density at radius 2 is 1.57 bits per heavy atom. The molecule has 0 aromatic heterocycles. The third-order valence-corrected chi connectivity index (χ3v) is 3.09. The maximum Gasteiger partial charge on any atom is 0.228 e. The Kier molecular flexibility index (Phi) is 4.92. The van der Waals surface area contributed by atoms with E-state index in [0.717, 1.165) is 0 Å². The van der Waals surface area contributed by atoms with Crippen molar-refractivity contribution in [2.75, 3.05) is 5.32 Å². The second kappa shape index (κ2) is 6.88. The van der Waals surface area contributed by atoms with Gasteiger partial charge in [0.05, 0.1) is 19.6 Å². The standard InChI is InChI=1S/C16H17NO4/c18-9-12-6-11(7-13(10-19)16(12)21)8-15(20)17-14-4-2-1-3-5-14/h1-7,18-19,21H,8-10H2,(H,17,20). The molecule has 0 atom stereocenters. The van der Waals surface area contributed by atoms with E-state index >= 15 is 0 Å². The quantitative estimate of drug-likeness (QED) is 0.672. The topological polar surface area (TPSA) is 89.8 Å². The van der Waals surface area contributed by atoms with Gasteiger partial charge in [-0.1, -0.05) is 18.2 Å². The molecule has 1 amide bonds. The second-order valence-electron chi connectivity index (χ2n) is 4.67. The van der Waals surface area contributed by atoms with Crippen molar-refractivity contribution in [1.29, 1.82) is 0 Å². The van der Waals surface area contributed by atoms with Crippen molar-refractivity contribution in [2.24, 2.45) is 0 Å². The lowest BCUT2D eigenvalue weighted by Crippen LogP contribution is -2.14. The Balaban J connectivity index is 2.14. The zero-order chi connectivity index (χ0) is 15.2. The number of hydrogen-bond acceptors (Lipinski definition) is 4. The van der Waals surface area contributed by atoms with Crippen LogP contribution in [0.1, 0.15) is 16.7 Å². The van der Waals surface area contributed by atoms with E-state index in [2.05, 4.69) is 5.32 Å². The Morgan fingerprint density at radius 1 is 1.00 bits per heavy atom. The lowest BCUT2D eigenvalue weighted by Gasteiger charge is -2.11. The van der Waals surface area contributed by atoms with Crippen LogP contribution in [0.2, 0.25) is 0 Å². The smallest absolute Gasteiger partial charge is 0.228 e. The minimum absolute atomic E-state index is 0.0924. The third-order valence-electron chi connectivity index (χ3n) is 3.09. The van der Waals surface area contributed by atoms with Crippen LogP contribution in [-0.2, 0) is 24.4 Å². The fourth-order valence-electron chi connectivity index (χ4n) is 2.09. The summed E-state index contributed by atoms with van der Waals surface area (Å²) in [4.78, 5) is 12.0. The molecule has 0 heterocycles. The zero-order valence-electron chi connectivity index (χ0n) is 11.4. The summed E-state index contributed by atoms with van der Waals surface area (Å²) < 4.78 is 0. The van der Waals surface area contributed by atoms with E-state index in [4.69, 9.17) is 0 Å². The van der Waals surface area contributed by atoms with E-state index in [0.29, 0.717) is 22.4 Å². The third kappa shape index (κ3) is 3.81. The van der Waals surface area contributed by atoms with Gasteiger partial charge in [-0.3, -0.25) is 4.79 Å². The lowest BCUT2D eigenvalue weighted by molar-refractivity contribution is -0.115. The van der Waals surface area contributed by atoms with Gasteiger partial charge in [0.1, 0.15) is 5.75 Å². The Hall–Kier alpha value is -2.37. The molecule has 0 bridgehead atoms. The van der Waals surface area contributed by atoms with Crippen molar-refractivity contribution in [1.82, 2.24) is 0 Å². The van der Waals surface area contributed by atoms with E-state index in [-0.39, 0.29) is 31.3 Å². The van der Waals surface area contributed by atoms with Crippen LogP contribution in [0.25, 0.3) is 0 Å². The summed E-state index contributed by atoms with van der Waals surface area (Å²) in [5.74, 6) is -0.341. The number of aromatic hydroxyl groups is 1. The van der Waals surface area contributed by atoms with Gasteiger partial charge in [-0.15, -0.1) is 0 Å².